The summed E-state index contributed by atoms with van der Waals surface area (Å²) in [6.07, 6.45) is 2.54. The summed E-state index contributed by atoms with van der Waals surface area (Å²) in [6.45, 7) is 6.79. The lowest BCUT2D eigenvalue weighted by molar-refractivity contribution is 0.0160. The number of hydrogen-bond donors (Lipinski definition) is 2. The predicted octanol–water partition coefficient (Wildman–Crippen LogP) is 1.88. The van der Waals surface area contributed by atoms with Gasteiger partial charge in [-0.2, -0.15) is 0 Å². The lowest BCUT2D eigenvalue weighted by Crippen LogP contribution is -2.39. The van der Waals surface area contributed by atoms with E-state index in [1.54, 1.807) is 18.3 Å². The molecule has 0 unspecified atom stereocenters. The predicted molar refractivity (Wildman–Crippen MR) is 98.7 cm³/mol. The van der Waals surface area contributed by atoms with Crippen molar-refractivity contribution in [3.05, 3.63) is 30.0 Å². The molecule has 1 saturated heterocycles. The molecule has 1 amide bonds. The number of nitrogens with two attached hydrogens (primary N) is 1. The van der Waals surface area contributed by atoms with E-state index in [2.05, 4.69) is 10.3 Å². The van der Waals surface area contributed by atoms with Gasteiger partial charge in [-0.3, -0.25) is 9.78 Å². The van der Waals surface area contributed by atoms with Crippen LogP contribution in [0.3, 0.4) is 0 Å². The van der Waals surface area contributed by atoms with Crippen molar-refractivity contribution >= 4 is 16.8 Å². The number of benzene rings is 1. The normalized spacial score (nSPS) is 17.4. The first-order chi connectivity index (χ1) is 12.5. The molecule has 1 fully saturated rings. The Morgan fingerprint density at radius 3 is 2.96 bits per heavy atom. The van der Waals surface area contributed by atoms with Crippen LogP contribution >= 0.6 is 0 Å². The van der Waals surface area contributed by atoms with E-state index in [0.29, 0.717) is 29.2 Å². The Hall–Kier alpha value is -2.38. The smallest absolute Gasteiger partial charge is 0.252 e. The van der Waals surface area contributed by atoms with Gasteiger partial charge in [-0.05, 0) is 32.0 Å². The summed E-state index contributed by atoms with van der Waals surface area (Å²) in [5.74, 6) is 0.596. The highest BCUT2D eigenvalue weighted by atomic mass is 16.5. The fourth-order valence-corrected chi connectivity index (χ4v) is 2.92. The molecule has 26 heavy (non-hydrogen) atoms. The molecule has 0 bridgehead atoms. The molecule has 1 aromatic heterocycles. The molecular weight excluding hydrogens is 334 g/mol. The van der Waals surface area contributed by atoms with E-state index in [9.17, 15) is 4.79 Å². The molecule has 1 aliphatic rings. The number of pyridine rings is 1. The summed E-state index contributed by atoms with van der Waals surface area (Å²) in [4.78, 5) is 16.1. The van der Waals surface area contributed by atoms with Crippen molar-refractivity contribution in [1.82, 2.24) is 10.3 Å². The Morgan fingerprint density at radius 1 is 1.42 bits per heavy atom. The second-order valence-electron chi connectivity index (χ2n) is 6.54. The SMILES string of the molecule is CC(C)Oc1cc2c(OCC[C@H]3CNCCO3)ccnc2cc1C(N)=O. The number of rotatable bonds is 7. The van der Waals surface area contributed by atoms with Crippen LogP contribution in [-0.4, -0.2) is 49.4 Å². The van der Waals surface area contributed by atoms with Gasteiger partial charge in [-0.25, -0.2) is 0 Å². The molecule has 0 spiro atoms. The van der Waals surface area contributed by atoms with Crippen LogP contribution in [0.25, 0.3) is 10.9 Å². The number of hydrogen-bond acceptors (Lipinski definition) is 6. The third-order valence-electron chi connectivity index (χ3n) is 4.13. The van der Waals surface area contributed by atoms with Gasteiger partial charge in [0.2, 0.25) is 0 Å². The number of ether oxygens (including phenoxy) is 3. The Bertz CT molecular complexity index is 773. The second-order valence-corrected chi connectivity index (χ2v) is 6.54. The van der Waals surface area contributed by atoms with Crippen molar-refractivity contribution in [3.63, 3.8) is 0 Å². The number of carbonyl (C=O) groups excluding carboxylic acids is 1. The summed E-state index contributed by atoms with van der Waals surface area (Å²) in [5, 5.41) is 4.09. The first kappa shape index (κ1) is 18.4. The number of primary amides is 1. The van der Waals surface area contributed by atoms with Gasteiger partial charge in [0.15, 0.2) is 0 Å². The van der Waals surface area contributed by atoms with E-state index < -0.39 is 5.91 Å². The minimum atomic E-state index is -0.544. The number of morpholine rings is 1. The van der Waals surface area contributed by atoms with E-state index in [-0.39, 0.29) is 12.2 Å². The van der Waals surface area contributed by atoms with E-state index in [1.165, 1.54) is 0 Å². The van der Waals surface area contributed by atoms with Crippen molar-refractivity contribution < 1.29 is 19.0 Å². The number of carbonyl (C=O) groups is 1. The summed E-state index contributed by atoms with van der Waals surface area (Å²) in [6, 6.07) is 5.23. The van der Waals surface area contributed by atoms with Crippen LogP contribution in [0.1, 0.15) is 30.6 Å². The largest absolute Gasteiger partial charge is 0.493 e. The first-order valence-electron chi connectivity index (χ1n) is 8.89. The summed E-state index contributed by atoms with van der Waals surface area (Å²) < 4.78 is 17.4. The number of nitrogens with one attached hydrogen (secondary N) is 1. The molecule has 3 N–H and O–H groups in total. The van der Waals surface area contributed by atoms with Gasteiger partial charge in [-0.15, -0.1) is 0 Å². The monoisotopic (exact) mass is 359 g/mol. The Balaban J connectivity index is 1.82. The zero-order chi connectivity index (χ0) is 18.5. The topological polar surface area (TPSA) is 95.7 Å². The number of fused-ring (bicyclic) bond motifs is 1. The van der Waals surface area contributed by atoms with Gasteiger partial charge in [0.1, 0.15) is 11.5 Å². The summed E-state index contributed by atoms with van der Waals surface area (Å²) in [7, 11) is 0. The maximum Gasteiger partial charge on any atom is 0.252 e. The Labute approximate surface area is 152 Å². The molecule has 0 radical (unpaired) electrons. The number of amides is 1. The molecular formula is C19H25N3O4. The molecule has 7 nitrogen and oxygen atoms in total. The molecule has 1 aromatic carbocycles. The van der Waals surface area contributed by atoms with Gasteiger partial charge < -0.3 is 25.3 Å². The van der Waals surface area contributed by atoms with Crippen molar-refractivity contribution in [1.29, 1.82) is 0 Å². The summed E-state index contributed by atoms with van der Waals surface area (Å²) >= 11 is 0. The third kappa shape index (κ3) is 4.42. The molecule has 1 atom stereocenters. The molecule has 0 saturated carbocycles. The van der Waals surface area contributed by atoms with Crippen molar-refractivity contribution in [2.75, 3.05) is 26.3 Å². The van der Waals surface area contributed by atoms with Crippen molar-refractivity contribution in [2.45, 2.75) is 32.5 Å². The molecule has 2 aromatic rings. The zero-order valence-electron chi connectivity index (χ0n) is 15.2. The molecule has 3 rings (SSSR count). The highest BCUT2D eigenvalue weighted by Crippen LogP contribution is 2.31. The van der Waals surface area contributed by atoms with Crippen LogP contribution in [0.4, 0.5) is 0 Å². The minimum absolute atomic E-state index is 0.0810. The average molecular weight is 359 g/mol. The highest BCUT2D eigenvalue weighted by Gasteiger charge is 2.17. The van der Waals surface area contributed by atoms with Crippen LogP contribution in [-0.2, 0) is 4.74 Å². The number of nitrogens with zero attached hydrogens (tertiary/aromatic N) is 1. The fraction of sp³-hybridized carbons (Fsp3) is 0.474. The first-order valence-corrected chi connectivity index (χ1v) is 8.89. The maximum absolute atomic E-state index is 11.7. The van der Waals surface area contributed by atoms with E-state index in [1.807, 2.05) is 19.9 Å². The highest BCUT2D eigenvalue weighted by molar-refractivity contribution is 6.01. The Kier molecular flexibility index (Phi) is 5.90. The van der Waals surface area contributed by atoms with E-state index in [0.717, 1.165) is 31.5 Å². The quantitative estimate of drug-likeness (QED) is 0.784. The Morgan fingerprint density at radius 2 is 2.27 bits per heavy atom. The number of aromatic nitrogens is 1. The maximum atomic E-state index is 11.7. The second kappa shape index (κ2) is 8.33. The van der Waals surface area contributed by atoms with Crippen LogP contribution in [0, 0.1) is 0 Å². The minimum Gasteiger partial charge on any atom is -0.493 e. The van der Waals surface area contributed by atoms with Gasteiger partial charge in [0.05, 0.1) is 36.5 Å². The van der Waals surface area contributed by atoms with Gasteiger partial charge in [0, 0.05) is 31.1 Å². The van der Waals surface area contributed by atoms with Crippen LogP contribution in [0.15, 0.2) is 24.4 Å². The molecule has 2 heterocycles. The van der Waals surface area contributed by atoms with Gasteiger partial charge in [-0.1, -0.05) is 0 Å². The molecule has 7 heteroatoms. The lowest BCUT2D eigenvalue weighted by Gasteiger charge is -2.23. The van der Waals surface area contributed by atoms with E-state index in [4.69, 9.17) is 19.9 Å². The van der Waals surface area contributed by atoms with Crippen LogP contribution in [0.5, 0.6) is 11.5 Å². The zero-order valence-corrected chi connectivity index (χ0v) is 15.2. The fourth-order valence-electron chi connectivity index (χ4n) is 2.92. The van der Waals surface area contributed by atoms with Gasteiger partial charge >= 0.3 is 0 Å². The molecule has 1 aliphatic heterocycles. The lowest BCUT2D eigenvalue weighted by atomic mass is 10.1. The van der Waals surface area contributed by atoms with Crippen LogP contribution < -0.4 is 20.5 Å². The summed E-state index contributed by atoms with van der Waals surface area (Å²) in [5.41, 5.74) is 6.44. The van der Waals surface area contributed by atoms with Crippen LogP contribution in [0.2, 0.25) is 0 Å². The van der Waals surface area contributed by atoms with Crippen molar-refractivity contribution in [2.24, 2.45) is 5.73 Å². The third-order valence-corrected chi connectivity index (χ3v) is 4.13. The molecule has 0 aliphatic carbocycles. The average Bonchev–Trinajstić information content (AvgIpc) is 2.62. The van der Waals surface area contributed by atoms with E-state index >= 15 is 0 Å². The van der Waals surface area contributed by atoms with Gasteiger partial charge in [0.25, 0.3) is 5.91 Å². The molecule has 140 valence electrons. The standard InChI is InChI=1S/C19H25N3O4/c1-12(2)26-18-10-14-16(9-15(18)19(20)23)22-5-3-17(14)25-7-4-13-11-21-6-8-24-13/h3,5,9-10,12-13,21H,4,6-8,11H2,1-2H3,(H2,20,23)/t13-/m0/s1. The van der Waals surface area contributed by atoms with Crippen molar-refractivity contribution in [3.8, 4) is 11.5 Å².